The van der Waals surface area contributed by atoms with E-state index in [1.165, 1.54) is 0 Å². The minimum atomic E-state index is -1.26. The molecule has 0 aliphatic carbocycles. The number of ether oxygens (including phenoxy) is 2. The summed E-state index contributed by atoms with van der Waals surface area (Å²) >= 11 is 0. The van der Waals surface area contributed by atoms with Crippen molar-refractivity contribution < 1.29 is 23.3 Å². The Morgan fingerprint density at radius 1 is 1.04 bits per heavy atom. The standard InChI is InChI=1S/C19H30N2O5S/c1-12(2)17(21-19(23)26-13(3)4)18(22)20-14(5)11-27(24)16-9-7-15(25-6)8-10-16/h7-10,12-14,17H,11H2,1-6H3,(H,20,22)(H,21,23). The minimum absolute atomic E-state index is 0.121. The van der Waals surface area contributed by atoms with E-state index in [9.17, 15) is 13.8 Å². The van der Waals surface area contributed by atoms with Crippen molar-refractivity contribution in [2.24, 2.45) is 5.92 Å². The van der Waals surface area contributed by atoms with Crippen LogP contribution in [0.4, 0.5) is 4.79 Å². The molecule has 1 rings (SSSR count). The van der Waals surface area contributed by atoms with Gasteiger partial charge < -0.3 is 20.1 Å². The first kappa shape index (κ1) is 23.0. The first-order chi connectivity index (χ1) is 12.6. The van der Waals surface area contributed by atoms with Crippen molar-refractivity contribution in [2.45, 2.75) is 57.7 Å². The second-order valence-electron chi connectivity index (χ2n) is 6.92. The Hall–Kier alpha value is -2.09. The zero-order valence-corrected chi connectivity index (χ0v) is 17.6. The molecule has 0 spiro atoms. The van der Waals surface area contributed by atoms with Crippen LogP contribution in [0.5, 0.6) is 5.75 Å². The average Bonchev–Trinajstić information content (AvgIpc) is 2.58. The van der Waals surface area contributed by atoms with Crippen LogP contribution in [0.25, 0.3) is 0 Å². The quantitative estimate of drug-likeness (QED) is 0.666. The zero-order valence-electron chi connectivity index (χ0n) is 16.8. The molecule has 8 heteroatoms. The van der Waals surface area contributed by atoms with Gasteiger partial charge in [-0.3, -0.25) is 9.00 Å². The van der Waals surface area contributed by atoms with Crippen LogP contribution in [-0.2, 0) is 20.3 Å². The van der Waals surface area contributed by atoms with Crippen molar-refractivity contribution >= 4 is 22.8 Å². The summed E-state index contributed by atoms with van der Waals surface area (Å²) in [5.41, 5.74) is 0. The predicted molar refractivity (Wildman–Crippen MR) is 105 cm³/mol. The molecule has 3 unspecified atom stereocenters. The van der Waals surface area contributed by atoms with E-state index in [1.807, 2.05) is 13.8 Å². The summed E-state index contributed by atoms with van der Waals surface area (Å²) < 4.78 is 22.6. The monoisotopic (exact) mass is 398 g/mol. The molecule has 1 aromatic rings. The van der Waals surface area contributed by atoms with Gasteiger partial charge in [0, 0.05) is 16.7 Å². The van der Waals surface area contributed by atoms with Gasteiger partial charge in [-0.15, -0.1) is 0 Å². The van der Waals surface area contributed by atoms with Crippen molar-refractivity contribution in [2.75, 3.05) is 12.9 Å². The molecule has 0 saturated heterocycles. The highest BCUT2D eigenvalue weighted by Crippen LogP contribution is 2.15. The van der Waals surface area contributed by atoms with Gasteiger partial charge in [0.05, 0.1) is 24.0 Å². The van der Waals surface area contributed by atoms with E-state index in [2.05, 4.69) is 10.6 Å². The van der Waals surface area contributed by atoms with Crippen molar-refractivity contribution in [3.8, 4) is 5.75 Å². The van der Waals surface area contributed by atoms with Crippen LogP contribution in [0.15, 0.2) is 29.2 Å². The number of alkyl carbamates (subject to hydrolysis) is 1. The summed E-state index contributed by atoms with van der Waals surface area (Å²) in [5.74, 6) is 0.504. The summed E-state index contributed by atoms with van der Waals surface area (Å²) in [5, 5.41) is 5.40. The molecule has 7 nitrogen and oxygen atoms in total. The largest absolute Gasteiger partial charge is 0.497 e. The lowest BCUT2D eigenvalue weighted by Crippen LogP contribution is -2.52. The van der Waals surface area contributed by atoms with Crippen LogP contribution in [0, 0.1) is 5.92 Å². The highest BCUT2D eigenvalue weighted by molar-refractivity contribution is 7.85. The second kappa shape index (κ2) is 10.9. The minimum Gasteiger partial charge on any atom is -0.497 e. The van der Waals surface area contributed by atoms with Gasteiger partial charge in [0.1, 0.15) is 11.8 Å². The van der Waals surface area contributed by atoms with E-state index in [1.54, 1.807) is 52.1 Å². The van der Waals surface area contributed by atoms with E-state index < -0.39 is 22.9 Å². The summed E-state index contributed by atoms with van der Waals surface area (Å²) in [6.45, 7) is 8.92. The van der Waals surface area contributed by atoms with Gasteiger partial charge in [0.25, 0.3) is 0 Å². The Labute approximate surface area is 163 Å². The lowest BCUT2D eigenvalue weighted by Gasteiger charge is -2.24. The Kier molecular flexibility index (Phi) is 9.28. The predicted octanol–water partition coefficient (Wildman–Crippen LogP) is 2.47. The number of nitrogens with one attached hydrogen (secondary N) is 2. The Morgan fingerprint density at radius 3 is 2.11 bits per heavy atom. The maximum atomic E-state index is 12.5. The van der Waals surface area contributed by atoms with E-state index in [0.29, 0.717) is 10.6 Å². The third-order valence-electron chi connectivity index (χ3n) is 3.68. The van der Waals surface area contributed by atoms with Crippen LogP contribution in [-0.4, -0.2) is 47.3 Å². The Bertz CT molecular complexity index is 646. The number of benzene rings is 1. The van der Waals surface area contributed by atoms with E-state index in [0.717, 1.165) is 0 Å². The fraction of sp³-hybridized carbons (Fsp3) is 0.579. The highest BCUT2D eigenvalue weighted by atomic mass is 32.2. The number of carbonyl (C=O) groups is 2. The van der Waals surface area contributed by atoms with Crippen molar-refractivity contribution in [3.05, 3.63) is 24.3 Å². The SMILES string of the molecule is COc1ccc(S(=O)CC(C)NC(=O)C(NC(=O)OC(C)C)C(C)C)cc1. The second-order valence-corrected chi connectivity index (χ2v) is 8.41. The smallest absolute Gasteiger partial charge is 0.408 e. The van der Waals surface area contributed by atoms with Crippen molar-refractivity contribution in [3.63, 3.8) is 0 Å². The fourth-order valence-electron chi connectivity index (χ4n) is 2.34. The molecule has 0 aliphatic rings. The number of carbonyl (C=O) groups excluding carboxylic acids is 2. The molecule has 27 heavy (non-hydrogen) atoms. The molecule has 0 aliphatic heterocycles. The van der Waals surface area contributed by atoms with Crippen LogP contribution in [0.2, 0.25) is 0 Å². The number of rotatable bonds is 9. The highest BCUT2D eigenvalue weighted by Gasteiger charge is 2.26. The summed E-state index contributed by atoms with van der Waals surface area (Å²) in [6.07, 6.45) is -0.903. The lowest BCUT2D eigenvalue weighted by molar-refractivity contribution is -0.124. The molecule has 0 bridgehead atoms. The van der Waals surface area contributed by atoms with Crippen LogP contribution >= 0.6 is 0 Å². The van der Waals surface area contributed by atoms with E-state index >= 15 is 0 Å². The molecular weight excluding hydrogens is 368 g/mol. The first-order valence-corrected chi connectivity index (χ1v) is 10.3. The van der Waals surface area contributed by atoms with Crippen LogP contribution < -0.4 is 15.4 Å². The first-order valence-electron chi connectivity index (χ1n) is 8.94. The van der Waals surface area contributed by atoms with Gasteiger partial charge in [-0.25, -0.2) is 4.79 Å². The molecular formula is C19H30N2O5S. The lowest BCUT2D eigenvalue weighted by atomic mass is 10.0. The molecule has 0 radical (unpaired) electrons. The summed E-state index contributed by atoms with van der Waals surface area (Å²) in [7, 11) is 0.304. The zero-order chi connectivity index (χ0) is 20.6. The van der Waals surface area contributed by atoms with Gasteiger partial charge >= 0.3 is 6.09 Å². The average molecular weight is 399 g/mol. The van der Waals surface area contributed by atoms with Crippen molar-refractivity contribution in [1.29, 1.82) is 0 Å². The molecule has 2 N–H and O–H groups in total. The molecule has 0 heterocycles. The maximum absolute atomic E-state index is 12.5. The molecule has 0 saturated carbocycles. The van der Waals surface area contributed by atoms with Crippen molar-refractivity contribution in [1.82, 2.24) is 10.6 Å². The summed E-state index contributed by atoms with van der Waals surface area (Å²) in [6, 6.07) is 5.91. The molecule has 3 atom stereocenters. The van der Waals surface area contributed by atoms with Gasteiger partial charge in [0.15, 0.2) is 0 Å². The molecule has 0 fully saturated rings. The molecule has 1 aromatic carbocycles. The van der Waals surface area contributed by atoms with E-state index in [-0.39, 0.29) is 29.7 Å². The van der Waals surface area contributed by atoms with Gasteiger partial charge in [-0.05, 0) is 51.0 Å². The Morgan fingerprint density at radius 2 is 1.63 bits per heavy atom. The van der Waals surface area contributed by atoms with Gasteiger partial charge in [-0.2, -0.15) is 0 Å². The van der Waals surface area contributed by atoms with Gasteiger partial charge in [-0.1, -0.05) is 13.8 Å². The number of methoxy groups -OCH3 is 1. The van der Waals surface area contributed by atoms with Crippen LogP contribution in [0.3, 0.4) is 0 Å². The normalized spacial score (nSPS) is 14.4. The summed E-state index contributed by atoms with van der Waals surface area (Å²) in [4.78, 5) is 25.0. The number of amides is 2. The van der Waals surface area contributed by atoms with Gasteiger partial charge in [0.2, 0.25) is 5.91 Å². The van der Waals surface area contributed by atoms with Crippen LogP contribution in [0.1, 0.15) is 34.6 Å². The number of hydrogen-bond donors (Lipinski definition) is 2. The molecule has 2 amide bonds. The maximum Gasteiger partial charge on any atom is 0.408 e. The third-order valence-corrected chi connectivity index (χ3v) is 5.28. The van der Waals surface area contributed by atoms with E-state index in [4.69, 9.17) is 9.47 Å². The number of hydrogen-bond acceptors (Lipinski definition) is 5. The topological polar surface area (TPSA) is 93.7 Å². The fourth-order valence-corrected chi connectivity index (χ4v) is 3.50. The Balaban J connectivity index is 2.63. The molecule has 0 aromatic heterocycles. The third kappa shape index (κ3) is 7.99. The molecule has 152 valence electrons.